The summed E-state index contributed by atoms with van der Waals surface area (Å²) in [6.45, 7) is 1.18. The summed E-state index contributed by atoms with van der Waals surface area (Å²) >= 11 is 0. The lowest BCUT2D eigenvalue weighted by Crippen LogP contribution is -2.62. The average Bonchev–Trinajstić information content (AvgIpc) is 2.44. The zero-order valence-electron chi connectivity index (χ0n) is 12.5. The molecule has 1 heterocycles. The van der Waals surface area contributed by atoms with Gasteiger partial charge in [0.15, 0.2) is 0 Å². The predicted molar refractivity (Wildman–Crippen MR) is 73.3 cm³/mol. The van der Waals surface area contributed by atoms with Gasteiger partial charge in [-0.15, -0.1) is 0 Å². The molecule has 7 heteroatoms. The standard InChI is InChI=1S/C14H22N2O5/c1-20-9-14(4-3-5-14)13(19)16-7-6-15-12(18)10(16)8-11(17)21-2/h10H,3-9H2,1-2H3,(H,15,18)/t10-/m0/s1. The van der Waals surface area contributed by atoms with Crippen LogP contribution >= 0.6 is 0 Å². The lowest BCUT2D eigenvalue weighted by atomic mass is 9.68. The van der Waals surface area contributed by atoms with Gasteiger partial charge in [-0.3, -0.25) is 14.4 Å². The van der Waals surface area contributed by atoms with Gasteiger partial charge in [0.2, 0.25) is 11.8 Å². The molecule has 1 aliphatic heterocycles. The maximum atomic E-state index is 12.8. The lowest BCUT2D eigenvalue weighted by molar-refractivity contribution is -0.161. The topological polar surface area (TPSA) is 84.9 Å². The van der Waals surface area contributed by atoms with Crippen molar-refractivity contribution in [2.45, 2.75) is 31.7 Å². The first-order chi connectivity index (χ1) is 10.0. The Morgan fingerprint density at radius 2 is 2.10 bits per heavy atom. The number of hydrogen-bond donors (Lipinski definition) is 1. The Bertz CT molecular complexity index is 433. The Morgan fingerprint density at radius 3 is 2.62 bits per heavy atom. The van der Waals surface area contributed by atoms with Crippen molar-refractivity contribution in [1.82, 2.24) is 10.2 Å². The Hall–Kier alpha value is -1.63. The predicted octanol–water partition coefficient (Wildman–Crippen LogP) is -0.307. The summed E-state index contributed by atoms with van der Waals surface area (Å²) in [5, 5.41) is 2.69. The van der Waals surface area contributed by atoms with Gasteiger partial charge >= 0.3 is 5.97 Å². The van der Waals surface area contributed by atoms with Crippen LogP contribution in [0.2, 0.25) is 0 Å². The number of piperazine rings is 1. The zero-order valence-corrected chi connectivity index (χ0v) is 12.5. The van der Waals surface area contributed by atoms with Crippen molar-refractivity contribution in [3.63, 3.8) is 0 Å². The molecule has 0 spiro atoms. The minimum atomic E-state index is -0.784. The van der Waals surface area contributed by atoms with E-state index in [4.69, 9.17) is 4.74 Å². The molecule has 0 aromatic carbocycles. The molecule has 2 aliphatic rings. The fourth-order valence-corrected chi connectivity index (χ4v) is 3.01. The second-order valence-corrected chi connectivity index (χ2v) is 5.65. The Balaban J connectivity index is 2.15. The summed E-state index contributed by atoms with van der Waals surface area (Å²) in [6, 6.07) is -0.784. The van der Waals surface area contributed by atoms with Crippen LogP contribution in [0.25, 0.3) is 0 Å². The van der Waals surface area contributed by atoms with Gasteiger partial charge in [0.05, 0.1) is 25.6 Å². The summed E-state index contributed by atoms with van der Waals surface area (Å²) in [5.41, 5.74) is -0.527. The third-order valence-electron chi connectivity index (χ3n) is 4.36. The Morgan fingerprint density at radius 1 is 1.38 bits per heavy atom. The quantitative estimate of drug-likeness (QED) is 0.704. The number of nitrogens with zero attached hydrogens (tertiary/aromatic N) is 1. The Labute approximate surface area is 123 Å². The van der Waals surface area contributed by atoms with Gasteiger partial charge in [-0.1, -0.05) is 6.42 Å². The molecule has 0 aromatic rings. The van der Waals surface area contributed by atoms with Crippen molar-refractivity contribution < 1.29 is 23.9 Å². The maximum absolute atomic E-state index is 12.8. The smallest absolute Gasteiger partial charge is 0.308 e. The summed E-state index contributed by atoms with van der Waals surface area (Å²) in [7, 11) is 2.84. The highest BCUT2D eigenvalue weighted by molar-refractivity contribution is 5.94. The molecule has 1 aliphatic carbocycles. The van der Waals surface area contributed by atoms with Gasteiger partial charge in [0.1, 0.15) is 6.04 Å². The third-order valence-corrected chi connectivity index (χ3v) is 4.36. The van der Waals surface area contributed by atoms with E-state index in [0.717, 1.165) is 19.3 Å². The summed E-state index contributed by atoms with van der Waals surface area (Å²) in [4.78, 5) is 37.8. The van der Waals surface area contributed by atoms with E-state index in [1.54, 1.807) is 7.11 Å². The second kappa shape index (κ2) is 6.43. The van der Waals surface area contributed by atoms with Crippen molar-refractivity contribution in [3.8, 4) is 0 Å². The number of carbonyl (C=O) groups excluding carboxylic acids is 3. The first kappa shape index (κ1) is 15.8. The zero-order chi connectivity index (χ0) is 15.5. The molecule has 0 radical (unpaired) electrons. The van der Waals surface area contributed by atoms with E-state index in [9.17, 15) is 14.4 Å². The molecule has 0 aromatic heterocycles. The third kappa shape index (κ3) is 3.02. The van der Waals surface area contributed by atoms with E-state index < -0.39 is 17.4 Å². The van der Waals surface area contributed by atoms with Crippen LogP contribution in [0.1, 0.15) is 25.7 Å². The van der Waals surface area contributed by atoms with Crippen LogP contribution in [0, 0.1) is 5.41 Å². The minimum absolute atomic E-state index is 0.0839. The van der Waals surface area contributed by atoms with Crippen LogP contribution in [-0.2, 0) is 23.9 Å². The summed E-state index contributed by atoms with van der Waals surface area (Å²) in [6.07, 6.45) is 2.40. The number of esters is 1. The van der Waals surface area contributed by atoms with E-state index >= 15 is 0 Å². The van der Waals surface area contributed by atoms with Crippen molar-refractivity contribution in [1.29, 1.82) is 0 Å². The molecule has 0 bridgehead atoms. The molecule has 0 unspecified atom stereocenters. The van der Waals surface area contributed by atoms with Crippen molar-refractivity contribution >= 4 is 17.8 Å². The molecule has 21 heavy (non-hydrogen) atoms. The SMILES string of the molecule is COCC1(C(=O)N2CCNC(=O)[C@@H]2CC(=O)OC)CCC1. The highest BCUT2D eigenvalue weighted by atomic mass is 16.5. The molecule has 1 saturated carbocycles. The number of carbonyl (C=O) groups is 3. The molecule has 1 atom stereocenters. The monoisotopic (exact) mass is 298 g/mol. The van der Waals surface area contributed by atoms with Crippen LogP contribution in [0.15, 0.2) is 0 Å². The maximum Gasteiger partial charge on any atom is 0.308 e. The fourth-order valence-electron chi connectivity index (χ4n) is 3.01. The summed E-state index contributed by atoms with van der Waals surface area (Å²) < 4.78 is 9.81. The average molecular weight is 298 g/mol. The minimum Gasteiger partial charge on any atom is -0.469 e. The molecule has 118 valence electrons. The van der Waals surface area contributed by atoms with Gasteiger partial charge in [0, 0.05) is 20.2 Å². The van der Waals surface area contributed by atoms with Gasteiger partial charge in [0.25, 0.3) is 0 Å². The Kier molecular flexibility index (Phi) is 4.82. The highest BCUT2D eigenvalue weighted by Crippen LogP contribution is 2.43. The molecular weight excluding hydrogens is 276 g/mol. The van der Waals surface area contributed by atoms with Crippen LogP contribution in [-0.4, -0.2) is 62.6 Å². The highest BCUT2D eigenvalue weighted by Gasteiger charge is 2.49. The molecular formula is C14H22N2O5. The number of methoxy groups -OCH3 is 2. The van der Waals surface area contributed by atoms with Crippen molar-refractivity contribution in [2.24, 2.45) is 5.41 Å². The fraction of sp³-hybridized carbons (Fsp3) is 0.786. The first-order valence-corrected chi connectivity index (χ1v) is 7.18. The number of hydrogen-bond acceptors (Lipinski definition) is 5. The van der Waals surface area contributed by atoms with Gasteiger partial charge in [-0.25, -0.2) is 0 Å². The first-order valence-electron chi connectivity index (χ1n) is 7.18. The van der Waals surface area contributed by atoms with E-state index in [1.165, 1.54) is 12.0 Å². The molecule has 2 amide bonds. The van der Waals surface area contributed by atoms with Crippen molar-refractivity contribution in [3.05, 3.63) is 0 Å². The lowest BCUT2D eigenvalue weighted by Gasteiger charge is -2.46. The molecule has 2 rings (SSSR count). The largest absolute Gasteiger partial charge is 0.469 e. The molecule has 1 saturated heterocycles. The molecule has 1 N–H and O–H groups in total. The number of nitrogens with one attached hydrogen (secondary N) is 1. The van der Waals surface area contributed by atoms with E-state index in [0.29, 0.717) is 19.7 Å². The van der Waals surface area contributed by atoms with Crippen LogP contribution in [0.5, 0.6) is 0 Å². The normalized spacial score (nSPS) is 24.0. The number of amides is 2. The van der Waals surface area contributed by atoms with E-state index in [2.05, 4.69) is 10.1 Å². The van der Waals surface area contributed by atoms with Crippen molar-refractivity contribution in [2.75, 3.05) is 33.9 Å². The number of ether oxygens (including phenoxy) is 2. The van der Waals surface area contributed by atoms with Gasteiger partial charge in [-0.2, -0.15) is 0 Å². The van der Waals surface area contributed by atoms with E-state index in [-0.39, 0.29) is 18.2 Å². The van der Waals surface area contributed by atoms with Crippen LogP contribution < -0.4 is 5.32 Å². The van der Waals surface area contributed by atoms with Crippen LogP contribution in [0.4, 0.5) is 0 Å². The van der Waals surface area contributed by atoms with Gasteiger partial charge < -0.3 is 19.7 Å². The number of rotatable bonds is 5. The second-order valence-electron chi connectivity index (χ2n) is 5.65. The van der Waals surface area contributed by atoms with Gasteiger partial charge in [-0.05, 0) is 12.8 Å². The molecule has 2 fully saturated rings. The van der Waals surface area contributed by atoms with Crippen LogP contribution in [0.3, 0.4) is 0 Å². The van der Waals surface area contributed by atoms with E-state index in [1.807, 2.05) is 0 Å². The molecule has 7 nitrogen and oxygen atoms in total. The summed E-state index contributed by atoms with van der Waals surface area (Å²) in [5.74, 6) is -0.879.